The fourth-order valence-corrected chi connectivity index (χ4v) is 2.28. The molecule has 0 aromatic heterocycles. The molecular formula is C19H26O4. The predicted molar refractivity (Wildman–Crippen MR) is 89.5 cm³/mol. The third-order valence-corrected chi connectivity index (χ3v) is 3.37. The molecule has 0 aromatic rings. The van der Waals surface area contributed by atoms with Crippen LogP contribution in [0.25, 0.3) is 0 Å². The topological polar surface area (TPSA) is 52.6 Å². The van der Waals surface area contributed by atoms with Gasteiger partial charge in [-0.3, -0.25) is 4.79 Å². The summed E-state index contributed by atoms with van der Waals surface area (Å²) in [6, 6.07) is 0. The molecule has 1 aliphatic rings. The van der Waals surface area contributed by atoms with Crippen LogP contribution in [0.3, 0.4) is 0 Å². The Morgan fingerprint density at radius 1 is 1.39 bits per heavy atom. The third-order valence-electron chi connectivity index (χ3n) is 3.37. The minimum Gasteiger partial charge on any atom is -0.463 e. The molecule has 0 fully saturated rings. The van der Waals surface area contributed by atoms with Crippen LogP contribution in [-0.2, 0) is 19.1 Å². The molecule has 0 aromatic carbocycles. The monoisotopic (exact) mass is 318 g/mol. The first-order chi connectivity index (χ1) is 11.1. The Hall–Kier alpha value is -2.02. The summed E-state index contributed by atoms with van der Waals surface area (Å²) < 4.78 is 10.1. The van der Waals surface area contributed by atoms with Crippen molar-refractivity contribution in [3.63, 3.8) is 0 Å². The van der Waals surface area contributed by atoms with Crippen LogP contribution >= 0.6 is 0 Å². The van der Waals surface area contributed by atoms with E-state index >= 15 is 0 Å². The first-order valence-corrected chi connectivity index (χ1v) is 8.33. The summed E-state index contributed by atoms with van der Waals surface area (Å²) >= 11 is 0. The molecule has 0 saturated carbocycles. The maximum atomic E-state index is 11.2. The van der Waals surface area contributed by atoms with Crippen LogP contribution in [-0.4, -0.2) is 24.6 Å². The number of rotatable bonds is 7. The second-order valence-electron chi connectivity index (χ2n) is 5.43. The summed E-state index contributed by atoms with van der Waals surface area (Å²) in [6.45, 7) is 3.55. The molecule has 23 heavy (non-hydrogen) atoms. The molecule has 0 heterocycles. The molecule has 0 bridgehead atoms. The van der Waals surface area contributed by atoms with Crippen LogP contribution in [0.4, 0.5) is 0 Å². The molecule has 0 aliphatic heterocycles. The summed E-state index contributed by atoms with van der Waals surface area (Å²) in [6.07, 6.45) is 11.7. The first-order valence-electron chi connectivity index (χ1n) is 8.33. The Morgan fingerprint density at radius 3 is 2.87 bits per heavy atom. The van der Waals surface area contributed by atoms with E-state index in [9.17, 15) is 9.59 Å². The van der Waals surface area contributed by atoms with Gasteiger partial charge in [-0.25, -0.2) is 4.79 Å². The lowest BCUT2D eigenvalue weighted by molar-refractivity contribution is -0.144. The van der Waals surface area contributed by atoms with Crippen molar-refractivity contribution in [2.24, 2.45) is 0 Å². The third kappa shape index (κ3) is 9.57. The van der Waals surface area contributed by atoms with Gasteiger partial charge in [-0.05, 0) is 57.4 Å². The van der Waals surface area contributed by atoms with Crippen molar-refractivity contribution in [1.82, 2.24) is 0 Å². The van der Waals surface area contributed by atoms with Gasteiger partial charge in [0.25, 0.3) is 0 Å². The molecule has 0 amide bonds. The Bertz CT molecular complexity index is 505. The lowest BCUT2D eigenvalue weighted by Crippen LogP contribution is -2.14. The van der Waals surface area contributed by atoms with Gasteiger partial charge in [0.2, 0.25) is 0 Å². The van der Waals surface area contributed by atoms with Crippen LogP contribution in [0, 0.1) is 11.8 Å². The number of esters is 2. The molecule has 0 radical (unpaired) electrons. The standard InChI is InChI=1S/C19H26O4/c1-3-22-19(21)13-9-5-8-12-18(23-16(2)20)15-14-17-10-6-4-7-11-17/h9-10,13,18H,3-8,11-12H2,1-2H3/b13-9+. The molecule has 126 valence electrons. The molecule has 1 atom stereocenters. The molecule has 0 N–H and O–H groups in total. The highest BCUT2D eigenvalue weighted by Crippen LogP contribution is 2.16. The van der Waals surface area contributed by atoms with Crippen molar-refractivity contribution in [2.75, 3.05) is 6.61 Å². The largest absolute Gasteiger partial charge is 0.463 e. The van der Waals surface area contributed by atoms with Crippen molar-refractivity contribution >= 4 is 11.9 Å². The lowest BCUT2D eigenvalue weighted by atomic mass is 10.00. The lowest BCUT2D eigenvalue weighted by Gasteiger charge is -2.11. The SMILES string of the molecule is CCOC(=O)/C=C/CCCC(C#CC1=CCCCC1)OC(C)=O. The summed E-state index contributed by atoms with van der Waals surface area (Å²) in [7, 11) is 0. The minimum atomic E-state index is -0.383. The van der Waals surface area contributed by atoms with Gasteiger partial charge in [0.05, 0.1) is 6.61 Å². The molecule has 1 aliphatic carbocycles. The average Bonchev–Trinajstić information content (AvgIpc) is 2.53. The number of hydrogen-bond donors (Lipinski definition) is 0. The van der Waals surface area contributed by atoms with E-state index in [1.54, 1.807) is 13.0 Å². The zero-order chi connectivity index (χ0) is 16.9. The fraction of sp³-hybridized carbons (Fsp3) is 0.579. The predicted octanol–water partition coefficient (Wildman–Crippen LogP) is 3.71. The van der Waals surface area contributed by atoms with Gasteiger partial charge in [0.15, 0.2) is 6.10 Å². The smallest absolute Gasteiger partial charge is 0.330 e. The quantitative estimate of drug-likeness (QED) is 0.311. The van der Waals surface area contributed by atoms with Gasteiger partial charge in [-0.2, -0.15) is 0 Å². The van der Waals surface area contributed by atoms with E-state index in [1.165, 1.54) is 25.8 Å². The van der Waals surface area contributed by atoms with E-state index in [2.05, 4.69) is 17.9 Å². The van der Waals surface area contributed by atoms with Crippen molar-refractivity contribution in [2.45, 2.75) is 64.9 Å². The number of unbranched alkanes of at least 4 members (excludes halogenated alkanes) is 1. The maximum Gasteiger partial charge on any atom is 0.330 e. The second-order valence-corrected chi connectivity index (χ2v) is 5.43. The average molecular weight is 318 g/mol. The van der Waals surface area contributed by atoms with Crippen LogP contribution in [0.5, 0.6) is 0 Å². The normalized spacial score (nSPS) is 15.3. The zero-order valence-electron chi connectivity index (χ0n) is 14.1. The first kappa shape index (κ1) is 19.0. The van der Waals surface area contributed by atoms with Gasteiger partial charge in [0, 0.05) is 13.0 Å². The van der Waals surface area contributed by atoms with E-state index in [4.69, 9.17) is 9.47 Å². The number of allylic oxidation sites excluding steroid dienone is 3. The van der Waals surface area contributed by atoms with Crippen molar-refractivity contribution < 1.29 is 19.1 Å². The Labute approximate surface area is 138 Å². The van der Waals surface area contributed by atoms with Crippen LogP contribution < -0.4 is 0 Å². The van der Waals surface area contributed by atoms with Crippen molar-refractivity contribution in [3.05, 3.63) is 23.8 Å². The second kappa shape index (κ2) is 11.5. The van der Waals surface area contributed by atoms with Gasteiger partial charge in [-0.1, -0.05) is 24.0 Å². The maximum absolute atomic E-state index is 11.2. The highest BCUT2D eigenvalue weighted by atomic mass is 16.5. The summed E-state index contributed by atoms with van der Waals surface area (Å²) in [4.78, 5) is 22.3. The van der Waals surface area contributed by atoms with E-state index < -0.39 is 0 Å². The Kier molecular flexibility index (Phi) is 9.54. The molecule has 4 nitrogen and oxygen atoms in total. The van der Waals surface area contributed by atoms with Crippen molar-refractivity contribution in [1.29, 1.82) is 0 Å². The fourth-order valence-electron chi connectivity index (χ4n) is 2.28. The number of carbonyl (C=O) groups excluding carboxylic acids is 2. The molecule has 1 unspecified atom stereocenters. The molecule has 0 spiro atoms. The summed E-state index contributed by atoms with van der Waals surface area (Å²) in [5.74, 6) is 5.57. The number of hydrogen-bond acceptors (Lipinski definition) is 4. The van der Waals surface area contributed by atoms with Gasteiger partial charge in [-0.15, -0.1) is 0 Å². The zero-order valence-corrected chi connectivity index (χ0v) is 14.1. The minimum absolute atomic E-state index is 0.316. The molecular weight excluding hydrogens is 292 g/mol. The summed E-state index contributed by atoms with van der Waals surface area (Å²) in [5.41, 5.74) is 1.15. The van der Waals surface area contributed by atoms with Gasteiger partial charge in [0.1, 0.15) is 0 Å². The van der Waals surface area contributed by atoms with Crippen molar-refractivity contribution in [3.8, 4) is 11.8 Å². The summed E-state index contributed by atoms with van der Waals surface area (Å²) in [5, 5.41) is 0. The number of ether oxygens (including phenoxy) is 2. The highest BCUT2D eigenvalue weighted by Gasteiger charge is 2.08. The van der Waals surface area contributed by atoms with E-state index in [0.717, 1.165) is 31.3 Å². The number of carbonyl (C=O) groups is 2. The highest BCUT2D eigenvalue weighted by molar-refractivity contribution is 5.81. The Balaban J connectivity index is 2.42. The Morgan fingerprint density at radius 2 is 2.22 bits per heavy atom. The van der Waals surface area contributed by atoms with Gasteiger partial charge < -0.3 is 9.47 Å². The van der Waals surface area contributed by atoms with Gasteiger partial charge >= 0.3 is 11.9 Å². The van der Waals surface area contributed by atoms with Crippen LogP contribution in [0.1, 0.15) is 58.8 Å². The van der Waals surface area contributed by atoms with Crippen LogP contribution in [0.15, 0.2) is 23.8 Å². The van der Waals surface area contributed by atoms with E-state index in [0.29, 0.717) is 13.0 Å². The van der Waals surface area contributed by atoms with E-state index in [1.807, 2.05) is 0 Å². The molecule has 1 rings (SSSR count). The van der Waals surface area contributed by atoms with E-state index in [-0.39, 0.29) is 18.0 Å². The van der Waals surface area contributed by atoms with Crippen LogP contribution in [0.2, 0.25) is 0 Å². The molecule has 0 saturated heterocycles. The molecule has 4 heteroatoms.